The van der Waals surface area contributed by atoms with Crippen LogP contribution in [0.3, 0.4) is 0 Å². The van der Waals surface area contributed by atoms with E-state index in [1.54, 1.807) is 18.2 Å². The van der Waals surface area contributed by atoms with Gasteiger partial charge < -0.3 is 4.74 Å². The van der Waals surface area contributed by atoms with Gasteiger partial charge in [-0.05, 0) is 25.0 Å². The molecule has 1 rings (SSSR count). The second-order valence-corrected chi connectivity index (χ2v) is 3.33. The number of nitriles is 1. The molecule has 0 heterocycles. The highest BCUT2D eigenvalue weighted by molar-refractivity contribution is 5.52. The molecular formula is C12H12N2O3. The molecule has 0 saturated heterocycles. The van der Waals surface area contributed by atoms with E-state index in [1.807, 2.05) is 0 Å². The van der Waals surface area contributed by atoms with Crippen molar-refractivity contribution >= 4 is 5.69 Å². The Morgan fingerprint density at radius 3 is 2.94 bits per heavy atom. The molecule has 0 atom stereocenters. The average Bonchev–Trinajstić information content (AvgIpc) is 2.34. The fourth-order valence-electron chi connectivity index (χ4n) is 1.26. The molecule has 1 aromatic rings. The second kappa shape index (κ2) is 6.28. The van der Waals surface area contributed by atoms with E-state index in [0.29, 0.717) is 12.4 Å². The van der Waals surface area contributed by atoms with E-state index in [2.05, 4.69) is 6.58 Å². The summed E-state index contributed by atoms with van der Waals surface area (Å²) in [7, 11) is 0. The van der Waals surface area contributed by atoms with Gasteiger partial charge in [-0.2, -0.15) is 5.26 Å². The van der Waals surface area contributed by atoms with E-state index in [-0.39, 0.29) is 11.3 Å². The molecule has 0 saturated carbocycles. The average molecular weight is 232 g/mol. The standard InChI is InChI=1S/C12H12N2O3/c1-2-3-4-7-17-11-6-5-10(9-13)12(8-11)14(15)16/h2,5-6,8H,1,3-4,7H2. The summed E-state index contributed by atoms with van der Waals surface area (Å²) in [5.74, 6) is 0.403. The number of nitro benzene ring substituents is 1. The van der Waals surface area contributed by atoms with E-state index in [4.69, 9.17) is 10.00 Å². The minimum atomic E-state index is -0.588. The Labute approximate surface area is 99.1 Å². The van der Waals surface area contributed by atoms with Gasteiger partial charge in [0, 0.05) is 0 Å². The minimum absolute atomic E-state index is 0.0356. The molecule has 0 radical (unpaired) electrons. The van der Waals surface area contributed by atoms with E-state index >= 15 is 0 Å². The molecule has 0 aromatic heterocycles. The summed E-state index contributed by atoms with van der Waals surface area (Å²) >= 11 is 0. The summed E-state index contributed by atoms with van der Waals surface area (Å²) in [5.41, 5.74) is -0.192. The molecule has 0 amide bonds. The summed E-state index contributed by atoms with van der Waals surface area (Å²) in [4.78, 5) is 10.1. The smallest absolute Gasteiger partial charge is 0.290 e. The minimum Gasteiger partial charge on any atom is -0.493 e. The van der Waals surface area contributed by atoms with Gasteiger partial charge in [0.2, 0.25) is 0 Å². The van der Waals surface area contributed by atoms with Crippen molar-refractivity contribution < 1.29 is 9.66 Å². The second-order valence-electron chi connectivity index (χ2n) is 3.33. The molecule has 17 heavy (non-hydrogen) atoms. The van der Waals surface area contributed by atoms with E-state index in [1.165, 1.54) is 12.1 Å². The van der Waals surface area contributed by atoms with Crippen LogP contribution in [0, 0.1) is 21.4 Å². The normalized spacial score (nSPS) is 9.35. The number of rotatable bonds is 6. The molecule has 5 heteroatoms. The van der Waals surface area contributed by atoms with Gasteiger partial charge in [0.25, 0.3) is 5.69 Å². The fraction of sp³-hybridized carbons (Fsp3) is 0.250. The zero-order chi connectivity index (χ0) is 12.7. The van der Waals surface area contributed by atoms with Crippen LogP contribution in [0.5, 0.6) is 5.75 Å². The third kappa shape index (κ3) is 3.61. The fourth-order valence-corrected chi connectivity index (χ4v) is 1.26. The first-order chi connectivity index (χ1) is 8.19. The van der Waals surface area contributed by atoms with Crippen molar-refractivity contribution in [3.8, 4) is 11.8 Å². The Morgan fingerprint density at radius 2 is 2.35 bits per heavy atom. The number of nitro groups is 1. The first-order valence-electron chi connectivity index (χ1n) is 5.11. The van der Waals surface area contributed by atoms with Crippen LogP contribution in [0.1, 0.15) is 18.4 Å². The van der Waals surface area contributed by atoms with Crippen LogP contribution in [0.15, 0.2) is 30.9 Å². The third-order valence-corrected chi connectivity index (χ3v) is 2.11. The summed E-state index contributed by atoms with van der Waals surface area (Å²) in [6, 6.07) is 5.99. The lowest BCUT2D eigenvalue weighted by Gasteiger charge is -2.05. The number of allylic oxidation sites excluding steroid dienone is 1. The number of nitrogens with zero attached hydrogens (tertiary/aromatic N) is 2. The molecular weight excluding hydrogens is 220 g/mol. The first-order valence-corrected chi connectivity index (χ1v) is 5.11. The van der Waals surface area contributed by atoms with Crippen molar-refractivity contribution in [2.75, 3.05) is 6.61 Å². The van der Waals surface area contributed by atoms with Gasteiger partial charge in [-0.15, -0.1) is 6.58 Å². The van der Waals surface area contributed by atoms with Crippen LogP contribution >= 0.6 is 0 Å². The van der Waals surface area contributed by atoms with Gasteiger partial charge in [-0.25, -0.2) is 0 Å². The molecule has 0 unspecified atom stereocenters. The predicted octanol–water partition coefficient (Wildman–Crippen LogP) is 2.81. The van der Waals surface area contributed by atoms with Crippen molar-refractivity contribution in [2.45, 2.75) is 12.8 Å². The SMILES string of the molecule is C=CCCCOc1ccc(C#N)c([N+](=O)[O-])c1. The lowest BCUT2D eigenvalue weighted by Crippen LogP contribution is -1.98. The first kappa shape index (κ1) is 12.7. The van der Waals surface area contributed by atoms with Gasteiger partial charge in [0.15, 0.2) is 0 Å². The quantitative estimate of drug-likeness (QED) is 0.327. The molecule has 0 bridgehead atoms. The summed E-state index contributed by atoms with van der Waals surface area (Å²) < 4.78 is 5.34. The largest absolute Gasteiger partial charge is 0.493 e. The van der Waals surface area contributed by atoms with Crippen molar-refractivity contribution in [1.29, 1.82) is 5.26 Å². The molecule has 5 nitrogen and oxygen atoms in total. The molecule has 0 aliphatic carbocycles. The van der Waals surface area contributed by atoms with Crippen LogP contribution in [0.2, 0.25) is 0 Å². The lowest BCUT2D eigenvalue weighted by atomic mass is 10.2. The molecule has 0 aliphatic heterocycles. The molecule has 0 N–H and O–H groups in total. The lowest BCUT2D eigenvalue weighted by molar-refractivity contribution is -0.385. The number of hydrogen-bond acceptors (Lipinski definition) is 4. The van der Waals surface area contributed by atoms with Crippen LogP contribution in [0.25, 0.3) is 0 Å². The van der Waals surface area contributed by atoms with Crippen LogP contribution < -0.4 is 4.74 Å². The number of benzene rings is 1. The Morgan fingerprint density at radius 1 is 1.59 bits per heavy atom. The maximum absolute atomic E-state index is 10.7. The number of ether oxygens (including phenoxy) is 1. The van der Waals surface area contributed by atoms with Crippen molar-refractivity contribution in [1.82, 2.24) is 0 Å². The maximum atomic E-state index is 10.7. The van der Waals surface area contributed by atoms with Gasteiger partial charge in [-0.1, -0.05) is 6.08 Å². The Hall–Kier alpha value is -2.35. The predicted molar refractivity (Wildman–Crippen MR) is 62.7 cm³/mol. The van der Waals surface area contributed by atoms with Crippen molar-refractivity contribution in [2.24, 2.45) is 0 Å². The Bertz CT molecular complexity index is 463. The molecule has 88 valence electrons. The molecule has 0 fully saturated rings. The van der Waals surface area contributed by atoms with Gasteiger partial charge in [0.05, 0.1) is 17.6 Å². The highest BCUT2D eigenvalue weighted by atomic mass is 16.6. The summed E-state index contributed by atoms with van der Waals surface area (Å²) in [6.07, 6.45) is 3.42. The highest BCUT2D eigenvalue weighted by Gasteiger charge is 2.14. The van der Waals surface area contributed by atoms with Gasteiger partial charge >= 0.3 is 0 Å². The third-order valence-electron chi connectivity index (χ3n) is 2.11. The molecule has 0 spiro atoms. The molecule has 1 aromatic carbocycles. The molecule has 0 aliphatic rings. The van der Waals surface area contributed by atoms with Crippen molar-refractivity contribution in [3.63, 3.8) is 0 Å². The highest BCUT2D eigenvalue weighted by Crippen LogP contribution is 2.24. The van der Waals surface area contributed by atoms with Crippen LogP contribution in [-0.2, 0) is 0 Å². The Balaban J connectivity index is 2.75. The van der Waals surface area contributed by atoms with Gasteiger partial charge in [0.1, 0.15) is 17.4 Å². The van der Waals surface area contributed by atoms with Gasteiger partial charge in [-0.3, -0.25) is 10.1 Å². The van der Waals surface area contributed by atoms with Crippen molar-refractivity contribution in [3.05, 3.63) is 46.5 Å². The summed E-state index contributed by atoms with van der Waals surface area (Å²) in [6.45, 7) is 4.05. The zero-order valence-electron chi connectivity index (χ0n) is 9.26. The monoisotopic (exact) mass is 232 g/mol. The number of hydrogen-bond donors (Lipinski definition) is 0. The van der Waals surface area contributed by atoms with E-state index in [0.717, 1.165) is 12.8 Å². The van der Waals surface area contributed by atoms with Crippen LogP contribution in [-0.4, -0.2) is 11.5 Å². The Kier molecular flexibility index (Phi) is 4.70. The van der Waals surface area contributed by atoms with E-state index in [9.17, 15) is 10.1 Å². The maximum Gasteiger partial charge on any atom is 0.290 e. The van der Waals surface area contributed by atoms with E-state index < -0.39 is 4.92 Å². The summed E-state index contributed by atoms with van der Waals surface area (Å²) in [5, 5.41) is 19.4. The zero-order valence-corrected chi connectivity index (χ0v) is 9.26. The topological polar surface area (TPSA) is 76.2 Å². The van der Waals surface area contributed by atoms with Crippen LogP contribution in [0.4, 0.5) is 5.69 Å². The number of unbranched alkanes of at least 4 members (excludes halogenated alkanes) is 1.